The van der Waals surface area contributed by atoms with E-state index in [2.05, 4.69) is 11.5 Å². The molecule has 0 N–H and O–H groups in total. The van der Waals surface area contributed by atoms with Gasteiger partial charge in [-0.3, -0.25) is 4.98 Å². The van der Waals surface area contributed by atoms with Crippen molar-refractivity contribution < 1.29 is 8.85 Å². The van der Waals surface area contributed by atoms with E-state index < -0.39 is 8.56 Å². The molecule has 3 nitrogen and oxygen atoms in total. The predicted molar refractivity (Wildman–Crippen MR) is 58.7 cm³/mol. The first-order valence-corrected chi connectivity index (χ1v) is 7.23. The van der Waals surface area contributed by atoms with Crippen molar-refractivity contribution in [3.63, 3.8) is 0 Å². The molecule has 0 fully saturated rings. The summed E-state index contributed by atoms with van der Waals surface area (Å²) in [6, 6.07) is 3.93. The van der Waals surface area contributed by atoms with Gasteiger partial charge in [0.1, 0.15) is 0 Å². The third-order valence-electron chi connectivity index (χ3n) is 2.03. The molecule has 0 radical (unpaired) electrons. The molecule has 14 heavy (non-hydrogen) atoms. The van der Waals surface area contributed by atoms with E-state index in [-0.39, 0.29) is 0 Å². The molecular formula is C10H17NO2Si. The molecule has 1 rings (SSSR count). The molecule has 1 aromatic rings. The number of aromatic nitrogens is 1. The Morgan fingerprint density at radius 2 is 1.93 bits per heavy atom. The second kappa shape index (κ2) is 5.24. The summed E-state index contributed by atoms with van der Waals surface area (Å²) in [6.45, 7) is 7.38. The molecule has 0 aromatic carbocycles. The number of nitrogens with zero attached hydrogens (tertiary/aromatic N) is 1. The Morgan fingerprint density at radius 1 is 1.29 bits per heavy atom. The van der Waals surface area contributed by atoms with Crippen molar-refractivity contribution in [1.82, 2.24) is 4.98 Å². The number of hydrogen-bond acceptors (Lipinski definition) is 3. The van der Waals surface area contributed by atoms with Crippen LogP contribution in [0, 0.1) is 0 Å². The molecular weight excluding hydrogens is 194 g/mol. The third kappa shape index (κ3) is 2.64. The van der Waals surface area contributed by atoms with Crippen LogP contribution in [0.4, 0.5) is 0 Å². The summed E-state index contributed by atoms with van der Waals surface area (Å²) in [5.41, 5.74) is 0. The molecule has 0 saturated carbocycles. The van der Waals surface area contributed by atoms with Crippen LogP contribution in [0.3, 0.4) is 0 Å². The van der Waals surface area contributed by atoms with Crippen molar-refractivity contribution in [2.45, 2.75) is 20.4 Å². The Hall–Kier alpha value is -0.713. The molecule has 0 unspecified atom stereocenters. The first-order valence-electron chi connectivity index (χ1n) is 4.91. The molecule has 1 aromatic heterocycles. The quantitative estimate of drug-likeness (QED) is 0.691. The third-order valence-corrected chi connectivity index (χ3v) is 5.05. The van der Waals surface area contributed by atoms with Gasteiger partial charge in [0.05, 0.1) is 0 Å². The Bertz CT molecular complexity index is 260. The monoisotopic (exact) mass is 211 g/mol. The molecule has 0 aliphatic carbocycles. The summed E-state index contributed by atoms with van der Waals surface area (Å²) < 4.78 is 11.5. The van der Waals surface area contributed by atoms with Crippen LogP contribution in [0.2, 0.25) is 6.55 Å². The van der Waals surface area contributed by atoms with Crippen LogP contribution in [0.15, 0.2) is 24.5 Å². The molecule has 78 valence electrons. The molecule has 0 spiro atoms. The fraction of sp³-hybridized carbons (Fsp3) is 0.500. The van der Waals surface area contributed by atoms with Gasteiger partial charge in [-0.1, -0.05) is 6.07 Å². The molecule has 0 saturated heterocycles. The van der Waals surface area contributed by atoms with Crippen molar-refractivity contribution in [2.75, 3.05) is 13.2 Å². The second-order valence-corrected chi connectivity index (χ2v) is 6.10. The van der Waals surface area contributed by atoms with Gasteiger partial charge in [-0.15, -0.1) is 0 Å². The summed E-state index contributed by atoms with van der Waals surface area (Å²) >= 11 is 0. The van der Waals surface area contributed by atoms with E-state index in [1.807, 2.05) is 32.2 Å². The summed E-state index contributed by atoms with van der Waals surface area (Å²) in [6.07, 6.45) is 3.59. The fourth-order valence-electron chi connectivity index (χ4n) is 1.39. The average Bonchev–Trinajstić information content (AvgIpc) is 2.20. The zero-order valence-electron chi connectivity index (χ0n) is 8.99. The maximum Gasteiger partial charge on any atom is 0.370 e. The van der Waals surface area contributed by atoms with E-state index in [1.54, 1.807) is 6.20 Å². The summed E-state index contributed by atoms with van der Waals surface area (Å²) in [4.78, 5) is 4.09. The van der Waals surface area contributed by atoms with Gasteiger partial charge in [-0.2, -0.15) is 0 Å². The van der Waals surface area contributed by atoms with E-state index in [9.17, 15) is 0 Å². The zero-order valence-corrected chi connectivity index (χ0v) is 9.99. The Morgan fingerprint density at radius 3 is 2.36 bits per heavy atom. The first kappa shape index (κ1) is 11.4. The van der Waals surface area contributed by atoms with Gasteiger partial charge in [-0.25, -0.2) is 0 Å². The largest absolute Gasteiger partial charge is 0.391 e. The molecule has 0 aliphatic heterocycles. The van der Waals surface area contributed by atoms with Crippen LogP contribution in [-0.4, -0.2) is 26.8 Å². The lowest BCUT2D eigenvalue weighted by Crippen LogP contribution is -2.51. The summed E-state index contributed by atoms with van der Waals surface area (Å²) in [5.74, 6) is 0. The first-order chi connectivity index (χ1) is 6.73. The topological polar surface area (TPSA) is 31.4 Å². The molecule has 0 bridgehead atoms. The lowest BCUT2D eigenvalue weighted by molar-refractivity contribution is 0.202. The van der Waals surface area contributed by atoms with E-state index in [0.717, 1.165) is 5.19 Å². The number of pyridine rings is 1. The van der Waals surface area contributed by atoms with E-state index >= 15 is 0 Å². The highest BCUT2D eigenvalue weighted by atomic mass is 28.4. The minimum Gasteiger partial charge on any atom is -0.391 e. The minimum absolute atomic E-state index is 0.678. The van der Waals surface area contributed by atoms with E-state index in [1.165, 1.54) is 0 Å². The maximum atomic E-state index is 5.73. The lowest BCUT2D eigenvalue weighted by Gasteiger charge is -2.25. The van der Waals surface area contributed by atoms with Crippen molar-refractivity contribution in [3.05, 3.63) is 24.5 Å². The van der Waals surface area contributed by atoms with E-state index in [0.29, 0.717) is 13.2 Å². The normalized spacial score (nSPS) is 11.6. The van der Waals surface area contributed by atoms with Gasteiger partial charge in [0.2, 0.25) is 0 Å². The van der Waals surface area contributed by atoms with Gasteiger partial charge >= 0.3 is 8.56 Å². The van der Waals surface area contributed by atoms with Crippen molar-refractivity contribution in [2.24, 2.45) is 0 Å². The maximum absolute atomic E-state index is 5.73. The SMILES string of the molecule is CCO[Si](C)(OCC)c1cccnc1. The molecule has 4 heteroatoms. The van der Waals surface area contributed by atoms with Crippen molar-refractivity contribution in [3.8, 4) is 0 Å². The van der Waals surface area contributed by atoms with Crippen LogP contribution < -0.4 is 5.19 Å². The van der Waals surface area contributed by atoms with Crippen LogP contribution in [-0.2, 0) is 8.85 Å². The summed E-state index contributed by atoms with van der Waals surface area (Å²) in [7, 11) is -2.19. The van der Waals surface area contributed by atoms with Gasteiger partial charge in [0.25, 0.3) is 0 Å². The Balaban J connectivity index is 2.87. The van der Waals surface area contributed by atoms with Gasteiger partial charge < -0.3 is 8.85 Å². The highest BCUT2D eigenvalue weighted by Crippen LogP contribution is 2.06. The zero-order chi connectivity index (χ0) is 10.4. The van der Waals surface area contributed by atoms with Crippen molar-refractivity contribution in [1.29, 1.82) is 0 Å². The highest BCUT2D eigenvalue weighted by Gasteiger charge is 2.33. The smallest absolute Gasteiger partial charge is 0.370 e. The number of rotatable bonds is 5. The standard InChI is InChI=1S/C10H17NO2Si/c1-4-12-14(3,13-5-2)10-7-6-8-11-9-10/h6-9H,4-5H2,1-3H3. The Kier molecular flexibility index (Phi) is 4.25. The summed E-state index contributed by atoms with van der Waals surface area (Å²) in [5, 5.41) is 1.09. The van der Waals surface area contributed by atoms with Crippen LogP contribution in [0.1, 0.15) is 13.8 Å². The molecule has 0 aliphatic rings. The van der Waals surface area contributed by atoms with Crippen molar-refractivity contribution >= 4 is 13.7 Å². The van der Waals surface area contributed by atoms with Crippen LogP contribution >= 0.6 is 0 Å². The van der Waals surface area contributed by atoms with Crippen LogP contribution in [0.5, 0.6) is 0 Å². The van der Waals surface area contributed by atoms with Gasteiger partial charge in [0.15, 0.2) is 0 Å². The average molecular weight is 211 g/mol. The molecule has 0 amide bonds. The highest BCUT2D eigenvalue weighted by molar-refractivity contribution is 6.79. The number of hydrogen-bond donors (Lipinski definition) is 0. The van der Waals surface area contributed by atoms with Crippen LogP contribution in [0.25, 0.3) is 0 Å². The van der Waals surface area contributed by atoms with Gasteiger partial charge in [-0.05, 0) is 26.5 Å². The second-order valence-electron chi connectivity index (χ2n) is 3.05. The lowest BCUT2D eigenvalue weighted by atomic mass is 10.5. The molecule has 1 heterocycles. The van der Waals surface area contributed by atoms with Gasteiger partial charge in [0, 0.05) is 30.8 Å². The fourth-order valence-corrected chi connectivity index (χ4v) is 3.62. The van der Waals surface area contributed by atoms with E-state index in [4.69, 9.17) is 8.85 Å². The Labute approximate surface area is 86.3 Å². The predicted octanol–water partition coefficient (Wildman–Crippen LogP) is 1.43. The minimum atomic E-state index is -2.19. The molecule has 0 atom stereocenters.